The molecule has 0 aromatic heterocycles. The molecule has 1 aliphatic heterocycles. The highest BCUT2D eigenvalue weighted by molar-refractivity contribution is 5.92. The minimum absolute atomic E-state index is 0.0410. The van der Waals surface area contributed by atoms with E-state index in [1.54, 1.807) is 20.3 Å². The molecular formula is C24H28N2O3. The van der Waals surface area contributed by atoms with E-state index in [-0.39, 0.29) is 5.91 Å². The number of nitrogens with zero attached hydrogens (tertiary/aromatic N) is 2. The molecule has 1 amide bonds. The predicted molar refractivity (Wildman–Crippen MR) is 117 cm³/mol. The standard InChI is InChI=1S/C24H28N2O3/c1-28-22-12-10-21(19-23(22)29-2)11-13-24(27)26-17-15-25(16-18-26)14-6-9-20-7-4-3-5-8-20/h3-13,19H,14-18H2,1-2H3/b9-6+,13-11-. The molecular weight excluding hydrogens is 364 g/mol. The van der Waals surface area contributed by atoms with Crippen molar-refractivity contribution in [1.29, 1.82) is 0 Å². The van der Waals surface area contributed by atoms with Crippen molar-refractivity contribution in [2.24, 2.45) is 0 Å². The number of methoxy groups -OCH3 is 2. The lowest BCUT2D eigenvalue weighted by Crippen LogP contribution is -2.48. The fraction of sp³-hybridized carbons (Fsp3) is 0.292. The summed E-state index contributed by atoms with van der Waals surface area (Å²) >= 11 is 0. The molecule has 29 heavy (non-hydrogen) atoms. The zero-order valence-corrected chi connectivity index (χ0v) is 17.1. The number of hydrogen-bond donors (Lipinski definition) is 0. The van der Waals surface area contributed by atoms with Crippen LogP contribution in [0.4, 0.5) is 0 Å². The fourth-order valence-electron chi connectivity index (χ4n) is 3.28. The second kappa shape index (κ2) is 10.5. The van der Waals surface area contributed by atoms with Gasteiger partial charge in [0.05, 0.1) is 14.2 Å². The topological polar surface area (TPSA) is 42.0 Å². The van der Waals surface area contributed by atoms with Gasteiger partial charge >= 0.3 is 0 Å². The molecule has 1 heterocycles. The van der Waals surface area contributed by atoms with Gasteiger partial charge in [-0.25, -0.2) is 0 Å². The minimum atomic E-state index is 0.0410. The third-order valence-electron chi connectivity index (χ3n) is 4.98. The van der Waals surface area contributed by atoms with E-state index in [2.05, 4.69) is 29.2 Å². The van der Waals surface area contributed by atoms with E-state index in [1.165, 1.54) is 5.56 Å². The second-order valence-electron chi connectivity index (χ2n) is 6.89. The van der Waals surface area contributed by atoms with Crippen LogP contribution in [0.2, 0.25) is 0 Å². The molecule has 1 saturated heterocycles. The Hall–Kier alpha value is -3.05. The Labute approximate surface area is 172 Å². The Morgan fingerprint density at radius 2 is 1.62 bits per heavy atom. The largest absolute Gasteiger partial charge is 0.493 e. The Morgan fingerprint density at radius 3 is 2.31 bits per heavy atom. The summed E-state index contributed by atoms with van der Waals surface area (Å²) in [7, 11) is 3.21. The number of carbonyl (C=O) groups is 1. The molecule has 0 radical (unpaired) electrons. The molecule has 1 aliphatic rings. The molecule has 2 aromatic carbocycles. The monoisotopic (exact) mass is 392 g/mol. The average Bonchev–Trinajstić information content (AvgIpc) is 2.78. The fourth-order valence-corrected chi connectivity index (χ4v) is 3.28. The number of hydrogen-bond acceptors (Lipinski definition) is 4. The van der Waals surface area contributed by atoms with Crippen LogP contribution >= 0.6 is 0 Å². The van der Waals surface area contributed by atoms with Gasteiger partial charge in [-0.05, 0) is 29.3 Å². The first-order valence-electron chi connectivity index (χ1n) is 9.82. The van der Waals surface area contributed by atoms with Gasteiger partial charge in [0.2, 0.25) is 5.91 Å². The number of rotatable bonds is 7. The summed E-state index contributed by atoms with van der Waals surface area (Å²) in [6.45, 7) is 4.16. The SMILES string of the molecule is COc1ccc(/C=C\C(=O)N2CCN(C/C=C/c3ccccc3)CC2)cc1OC. The van der Waals surface area contributed by atoms with Gasteiger partial charge in [-0.2, -0.15) is 0 Å². The number of piperazine rings is 1. The van der Waals surface area contributed by atoms with E-state index in [0.717, 1.165) is 38.3 Å². The molecule has 0 N–H and O–H groups in total. The number of benzene rings is 2. The summed E-state index contributed by atoms with van der Waals surface area (Å²) < 4.78 is 10.5. The number of carbonyl (C=O) groups excluding carboxylic acids is 1. The van der Waals surface area contributed by atoms with Crippen LogP contribution in [0.5, 0.6) is 11.5 Å². The van der Waals surface area contributed by atoms with Crippen molar-refractivity contribution in [3.05, 3.63) is 71.8 Å². The lowest BCUT2D eigenvalue weighted by molar-refractivity contribution is -0.127. The molecule has 1 fully saturated rings. The summed E-state index contributed by atoms with van der Waals surface area (Å²) in [4.78, 5) is 16.8. The van der Waals surface area contributed by atoms with Crippen LogP contribution < -0.4 is 9.47 Å². The van der Waals surface area contributed by atoms with E-state index in [4.69, 9.17) is 9.47 Å². The molecule has 0 unspecified atom stereocenters. The minimum Gasteiger partial charge on any atom is -0.493 e. The predicted octanol–water partition coefficient (Wildman–Crippen LogP) is 3.57. The Bertz CT molecular complexity index is 854. The van der Waals surface area contributed by atoms with Gasteiger partial charge in [-0.1, -0.05) is 48.6 Å². The van der Waals surface area contributed by atoms with Crippen LogP contribution in [0.1, 0.15) is 11.1 Å². The molecule has 0 spiro atoms. The van der Waals surface area contributed by atoms with Gasteiger partial charge in [0.1, 0.15) is 0 Å². The first-order chi connectivity index (χ1) is 14.2. The van der Waals surface area contributed by atoms with Crippen molar-refractivity contribution >= 4 is 18.1 Å². The third kappa shape index (κ3) is 5.96. The molecule has 3 rings (SSSR count). The van der Waals surface area contributed by atoms with Crippen LogP contribution in [-0.2, 0) is 4.79 Å². The maximum absolute atomic E-state index is 12.5. The lowest BCUT2D eigenvalue weighted by Gasteiger charge is -2.33. The van der Waals surface area contributed by atoms with Crippen LogP contribution in [0, 0.1) is 0 Å². The maximum Gasteiger partial charge on any atom is 0.246 e. The Balaban J connectivity index is 1.47. The van der Waals surface area contributed by atoms with E-state index in [0.29, 0.717) is 11.5 Å². The third-order valence-corrected chi connectivity index (χ3v) is 4.98. The zero-order valence-electron chi connectivity index (χ0n) is 17.1. The van der Waals surface area contributed by atoms with E-state index in [9.17, 15) is 4.79 Å². The van der Waals surface area contributed by atoms with Crippen molar-refractivity contribution in [1.82, 2.24) is 9.80 Å². The van der Waals surface area contributed by atoms with Crippen molar-refractivity contribution in [2.75, 3.05) is 46.9 Å². The number of ether oxygens (including phenoxy) is 2. The van der Waals surface area contributed by atoms with Gasteiger partial charge in [0.15, 0.2) is 11.5 Å². The highest BCUT2D eigenvalue weighted by atomic mass is 16.5. The lowest BCUT2D eigenvalue weighted by atomic mass is 10.2. The van der Waals surface area contributed by atoms with Crippen molar-refractivity contribution in [3.63, 3.8) is 0 Å². The first-order valence-corrected chi connectivity index (χ1v) is 9.82. The van der Waals surface area contributed by atoms with Crippen molar-refractivity contribution in [2.45, 2.75) is 0 Å². The maximum atomic E-state index is 12.5. The smallest absolute Gasteiger partial charge is 0.246 e. The van der Waals surface area contributed by atoms with E-state index < -0.39 is 0 Å². The summed E-state index contributed by atoms with van der Waals surface area (Å²) in [5, 5.41) is 0. The normalized spacial score (nSPS) is 15.2. The van der Waals surface area contributed by atoms with Gasteiger partial charge in [0.25, 0.3) is 0 Å². The first kappa shape index (κ1) is 20.7. The van der Waals surface area contributed by atoms with Crippen LogP contribution in [0.3, 0.4) is 0 Å². The molecule has 152 valence electrons. The van der Waals surface area contributed by atoms with Crippen LogP contribution in [0.15, 0.2) is 60.7 Å². The Kier molecular flexibility index (Phi) is 7.47. The van der Waals surface area contributed by atoms with E-state index in [1.807, 2.05) is 47.4 Å². The molecule has 5 nitrogen and oxygen atoms in total. The van der Waals surface area contributed by atoms with Crippen molar-refractivity contribution in [3.8, 4) is 11.5 Å². The summed E-state index contributed by atoms with van der Waals surface area (Å²) in [5.74, 6) is 1.37. The average molecular weight is 392 g/mol. The quantitative estimate of drug-likeness (QED) is 0.676. The van der Waals surface area contributed by atoms with Gasteiger partial charge < -0.3 is 14.4 Å². The van der Waals surface area contributed by atoms with Crippen molar-refractivity contribution < 1.29 is 14.3 Å². The number of amides is 1. The molecule has 0 bridgehead atoms. The summed E-state index contributed by atoms with van der Waals surface area (Å²) in [5.41, 5.74) is 2.11. The molecule has 5 heteroatoms. The molecule has 0 saturated carbocycles. The summed E-state index contributed by atoms with van der Waals surface area (Å²) in [6.07, 6.45) is 7.78. The van der Waals surface area contributed by atoms with Gasteiger partial charge in [-0.3, -0.25) is 9.69 Å². The van der Waals surface area contributed by atoms with E-state index >= 15 is 0 Å². The Morgan fingerprint density at radius 1 is 0.897 bits per heavy atom. The van der Waals surface area contributed by atoms with Gasteiger partial charge in [-0.15, -0.1) is 0 Å². The zero-order chi connectivity index (χ0) is 20.5. The van der Waals surface area contributed by atoms with Gasteiger partial charge in [0, 0.05) is 38.8 Å². The van der Waals surface area contributed by atoms with Crippen LogP contribution in [0.25, 0.3) is 12.2 Å². The highest BCUT2D eigenvalue weighted by Gasteiger charge is 2.18. The molecule has 0 atom stereocenters. The van der Waals surface area contributed by atoms with Crippen LogP contribution in [-0.4, -0.2) is 62.7 Å². The second-order valence-corrected chi connectivity index (χ2v) is 6.89. The molecule has 0 aliphatic carbocycles. The molecule has 2 aromatic rings. The highest BCUT2D eigenvalue weighted by Crippen LogP contribution is 2.28. The summed E-state index contributed by atoms with van der Waals surface area (Å²) in [6, 6.07) is 15.9.